The largest absolute Gasteiger partial charge is 0.459 e. The van der Waals surface area contributed by atoms with Gasteiger partial charge in [0.1, 0.15) is 6.10 Å². The highest BCUT2D eigenvalue weighted by molar-refractivity contribution is 9.11. The van der Waals surface area contributed by atoms with Crippen molar-refractivity contribution in [1.82, 2.24) is 5.32 Å². The first-order valence-corrected chi connectivity index (χ1v) is 11.6. The highest BCUT2D eigenvalue weighted by Gasteiger charge is 2.44. The first kappa shape index (κ1) is 19.9. The summed E-state index contributed by atoms with van der Waals surface area (Å²) >= 11 is 5.11. The van der Waals surface area contributed by atoms with E-state index in [9.17, 15) is 9.59 Å². The normalized spacial score (nSPS) is 25.0. The maximum absolute atomic E-state index is 13.2. The maximum atomic E-state index is 13.2. The molecular formula is C22H26BrNO3S. The number of nitrogens with one attached hydrogen (secondary N) is 1. The summed E-state index contributed by atoms with van der Waals surface area (Å²) in [6.45, 7) is 6.17. The van der Waals surface area contributed by atoms with Crippen molar-refractivity contribution < 1.29 is 14.3 Å². The van der Waals surface area contributed by atoms with Crippen molar-refractivity contribution in [2.45, 2.75) is 71.3 Å². The minimum absolute atomic E-state index is 0.000103. The van der Waals surface area contributed by atoms with Crippen molar-refractivity contribution in [3.05, 3.63) is 43.3 Å². The summed E-state index contributed by atoms with van der Waals surface area (Å²) in [7, 11) is 0. The fourth-order valence-electron chi connectivity index (χ4n) is 4.70. The Hall–Kier alpha value is -1.40. The Balaban J connectivity index is 1.76. The SMILES string of the molecule is CC1=C(C(=O)OC2CCCC2)[C@@H](c2ccc(Br)s2)C2=C(CC(C)(C)CC2=O)N1. The molecule has 1 aromatic rings. The summed E-state index contributed by atoms with van der Waals surface area (Å²) in [6.07, 6.45) is 5.39. The maximum Gasteiger partial charge on any atom is 0.337 e. The molecule has 1 atom stereocenters. The van der Waals surface area contributed by atoms with E-state index in [-0.39, 0.29) is 29.2 Å². The van der Waals surface area contributed by atoms with Gasteiger partial charge in [-0.2, -0.15) is 0 Å². The summed E-state index contributed by atoms with van der Waals surface area (Å²) in [6, 6.07) is 3.99. The number of hydrogen-bond donors (Lipinski definition) is 1. The average molecular weight is 464 g/mol. The van der Waals surface area contributed by atoms with Crippen molar-refractivity contribution in [2.24, 2.45) is 5.41 Å². The van der Waals surface area contributed by atoms with Crippen LogP contribution in [-0.4, -0.2) is 17.9 Å². The van der Waals surface area contributed by atoms with E-state index in [0.29, 0.717) is 12.0 Å². The Kier molecular flexibility index (Phi) is 5.29. The number of Topliss-reactive ketones (excluding diaryl/α,β-unsaturated/α-hetero) is 1. The van der Waals surface area contributed by atoms with E-state index >= 15 is 0 Å². The highest BCUT2D eigenvalue weighted by Crippen LogP contribution is 2.48. The number of carbonyl (C=O) groups excluding carboxylic acids is 2. The molecule has 0 unspecified atom stereocenters. The molecule has 150 valence electrons. The summed E-state index contributed by atoms with van der Waals surface area (Å²) in [5.74, 6) is -0.493. The molecule has 1 aromatic heterocycles. The molecule has 1 saturated carbocycles. The predicted molar refractivity (Wildman–Crippen MR) is 114 cm³/mol. The number of dihydropyridines is 1. The summed E-state index contributed by atoms with van der Waals surface area (Å²) in [5.41, 5.74) is 3.03. The van der Waals surface area contributed by atoms with Crippen LogP contribution in [0.4, 0.5) is 0 Å². The van der Waals surface area contributed by atoms with Crippen LogP contribution in [0, 0.1) is 5.41 Å². The molecule has 28 heavy (non-hydrogen) atoms. The zero-order chi connectivity index (χ0) is 20.1. The van der Waals surface area contributed by atoms with Gasteiger partial charge in [-0.25, -0.2) is 4.79 Å². The van der Waals surface area contributed by atoms with Gasteiger partial charge in [0.25, 0.3) is 0 Å². The van der Waals surface area contributed by atoms with Gasteiger partial charge >= 0.3 is 5.97 Å². The van der Waals surface area contributed by atoms with Gasteiger partial charge in [-0.05, 0) is 72.5 Å². The van der Waals surface area contributed by atoms with Gasteiger partial charge in [0.05, 0.1) is 15.3 Å². The van der Waals surface area contributed by atoms with E-state index in [1.165, 1.54) is 0 Å². The summed E-state index contributed by atoms with van der Waals surface area (Å²) in [5, 5.41) is 3.40. The number of halogens is 1. The zero-order valence-corrected chi connectivity index (χ0v) is 19.0. The Labute approximate surface area is 178 Å². The van der Waals surface area contributed by atoms with Crippen LogP contribution >= 0.6 is 27.3 Å². The number of carbonyl (C=O) groups is 2. The first-order valence-electron chi connectivity index (χ1n) is 9.95. The Morgan fingerprint density at radius 3 is 2.61 bits per heavy atom. The molecule has 1 aliphatic heterocycles. The lowest BCUT2D eigenvalue weighted by Gasteiger charge is -2.39. The van der Waals surface area contributed by atoms with Gasteiger partial charge in [0.15, 0.2) is 5.78 Å². The standard InChI is InChI=1S/C22H26BrNO3S/c1-12-18(21(26)27-13-6-4-5-7-13)20(16-8-9-17(23)28-16)19-14(24-12)10-22(2,3)11-15(19)25/h8-9,13,20,24H,4-7,10-11H2,1-3H3/t20-/m1/s1. The van der Waals surface area contributed by atoms with Crippen molar-refractivity contribution in [3.8, 4) is 0 Å². The van der Waals surface area contributed by atoms with Crippen LogP contribution in [0.2, 0.25) is 0 Å². The number of allylic oxidation sites excluding steroid dienone is 3. The van der Waals surface area contributed by atoms with Crippen LogP contribution in [0.3, 0.4) is 0 Å². The molecule has 0 amide bonds. The monoisotopic (exact) mass is 463 g/mol. The molecule has 0 bridgehead atoms. The van der Waals surface area contributed by atoms with E-state index in [4.69, 9.17) is 4.74 Å². The number of ketones is 1. The molecule has 0 aromatic carbocycles. The third-order valence-electron chi connectivity index (χ3n) is 5.91. The molecule has 3 aliphatic rings. The second kappa shape index (κ2) is 7.45. The Morgan fingerprint density at radius 2 is 1.96 bits per heavy atom. The van der Waals surface area contributed by atoms with Gasteiger partial charge < -0.3 is 10.1 Å². The van der Waals surface area contributed by atoms with Crippen LogP contribution in [0.15, 0.2) is 38.5 Å². The molecular weight excluding hydrogens is 438 g/mol. The summed E-state index contributed by atoms with van der Waals surface area (Å²) in [4.78, 5) is 27.4. The van der Waals surface area contributed by atoms with Crippen molar-refractivity contribution in [2.75, 3.05) is 0 Å². The zero-order valence-electron chi connectivity index (χ0n) is 16.6. The molecule has 6 heteroatoms. The minimum Gasteiger partial charge on any atom is -0.459 e. The molecule has 4 rings (SSSR count). The minimum atomic E-state index is -0.343. The molecule has 0 radical (unpaired) electrons. The fraction of sp³-hybridized carbons (Fsp3) is 0.545. The van der Waals surface area contributed by atoms with Gasteiger partial charge in [0, 0.05) is 28.3 Å². The second-order valence-corrected chi connectivity index (χ2v) is 11.4. The average Bonchev–Trinajstić information content (AvgIpc) is 3.23. The van der Waals surface area contributed by atoms with E-state index in [1.54, 1.807) is 11.3 Å². The smallest absolute Gasteiger partial charge is 0.337 e. The number of ether oxygens (including phenoxy) is 1. The molecule has 1 N–H and O–H groups in total. The number of esters is 1. The van der Waals surface area contributed by atoms with Gasteiger partial charge in [-0.15, -0.1) is 11.3 Å². The van der Waals surface area contributed by atoms with Crippen LogP contribution in [0.25, 0.3) is 0 Å². The van der Waals surface area contributed by atoms with Gasteiger partial charge in [0.2, 0.25) is 0 Å². The number of thiophene rings is 1. The molecule has 4 nitrogen and oxygen atoms in total. The summed E-state index contributed by atoms with van der Waals surface area (Å²) < 4.78 is 6.85. The lowest BCUT2D eigenvalue weighted by Crippen LogP contribution is -2.38. The second-order valence-electron chi connectivity index (χ2n) is 8.88. The Bertz CT molecular complexity index is 889. The van der Waals surface area contributed by atoms with Crippen LogP contribution in [0.1, 0.15) is 70.1 Å². The van der Waals surface area contributed by atoms with Crippen molar-refractivity contribution in [3.63, 3.8) is 0 Å². The fourth-order valence-corrected chi connectivity index (χ4v) is 6.24. The third-order valence-corrected chi connectivity index (χ3v) is 7.60. The third kappa shape index (κ3) is 3.73. The van der Waals surface area contributed by atoms with Crippen LogP contribution in [0.5, 0.6) is 0 Å². The van der Waals surface area contributed by atoms with Crippen molar-refractivity contribution >= 4 is 39.0 Å². The van der Waals surface area contributed by atoms with E-state index in [1.807, 2.05) is 19.1 Å². The highest BCUT2D eigenvalue weighted by atomic mass is 79.9. The number of hydrogen-bond acceptors (Lipinski definition) is 5. The van der Waals surface area contributed by atoms with Crippen molar-refractivity contribution in [1.29, 1.82) is 0 Å². The Morgan fingerprint density at radius 1 is 1.25 bits per heavy atom. The quantitative estimate of drug-likeness (QED) is 0.592. The molecule has 0 saturated heterocycles. The van der Waals surface area contributed by atoms with Crippen LogP contribution in [-0.2, 0) is 14.3 Å². The van der Waals surface area contributed by atoms with Gasteiger partial charge in [-0.3, -0.25) is 4.79 Å². The lowest BCUT2D eigenvalue weighted by molar-refractivity contribution is -0.144. The molecule has 1 fully saturated rings. The predicted octanol–water partition coefficient (Wildman–Crippen LogP) is 5.60. The lowest BCUT2D eigenvalue weighted by atomic mass is 9.70. The van der Waals surface area contributed by atoms with E-state index in [2.05, 4.69) is 35.1 Å². The molecule has 0 spiro atoms. The van der Waals surface area contributed by atoms with Crippen LogP contribution < -0.4 is 5.32 Å². The topological polar surface area (TPSA) is 55.4 Å². The first-order chi connectivity index (χ1) is 13.2. The number of rotatable bonds is 3. The van der Waals surface area contributed by atoms with Gasteiger partial charge in [-0.1, -0.05) is 13.8 Å². The molecule has 2 aliphatic carbocycles. The van der Waals surface area contributed by atoms with E-state index in [0.717, 1.165) is 57.7 Å². The van der Waals surface area contributed by atoms with E-state index < -0.39 is 0 Å². The molecule has 2 heterocycles.